The van der Waals surface area contributed by atoms with Gasteiger partial charge in [0.15, 0.2) is 0 Å². The average Bonchev–Trinajstić information content (AvgIpc) is 3.08. The minimum absolute atomic E-state index is 0.351. The number of aryl methyl sites for hydroxylation is 2. The van der Waals surface area contributed by atoms with Gasteiger partial charge in [-0.25, -0.2) is 5.10 Å². The van der Waals surface area contributed by atoms with E-state index >= 15 is 0 Å². The van der Waals surface area contributed by atoms with Crippen LogP contribution in [-0.4, -0.2) is 63.0 Å². The second-order valence-electron chi connectivity index (χ2n) is 8.60. The van der Waals surface area contributed by atoms with E-state index < -0.39 is 5.60 Å². The highest BCUT2D eigenvalue weighted by Gasteiger charge is 2.29. The molecular formula is C21H34N6O. The molecule has 0 radical (unpaired) electrons. The number of aromatic amines is 1. The molecule has 4 N–H and O–H groups in total. The maximum Gasteiger partial charge on any atom is 0.246 e. The predicted molar refractivity (Wildman–Crippen MR) is 113 cm³/mol. The van der Waals surface area contributed by atoms with Gasteiger partial charge in [0.25, 0.3) is 0 Å². The fourth-order valence-corrected chi connectivity index (χ4v) is 3.81. The molecule has 1 aromatic carbocycles. The number of rotatable bonds is 8. The van der Waals surface area contributed by atoms with Crippen molar-refractivity contribution in [3.63, 3.8) is 0 Å². The SMILES string of the molecule is Cc1ccc(CCCN2CCN(c3n[nH]c(N)n3)CC2CCC(C)(C)O)cc1. The number of hydrogen-bond donors (Lipinski definition) is 3. The standard InChI is InChI=1S/C21H34N6O/c1-16-6-8-17(9-7-16)5-4-12-26-13-14-27(20-23-19(22)24-25-20)15-18(26)10-11-21(2,3)28/h6-9,18,28H,4-5,10-15H2,1-3H3,(H3,22,23,24,25). The van der Waals surface area contributed by atoms with Gasteiger partial charge in [-0.05, 0) is 58.6 Å². The Morgan fingerprint density at radius 1 is 1.25 bits per heavy atom. The molecular weight excluding hydrogens is 352 g/mol. The third kappa shape index (κ3) is 5.94. The summed E-state index contributed by atoms with van der Waals surface area (Å²) in [5.74, 6) is 1.02. The van der Waals surface area contributed by atoms with Gasteiger partial charge in [-0.1, -0.05) is 29.8 Å². The van der Waals surface area contributed by atoms with Crippen molar-refractivity contribution in [2.75, 3.05) is 36.8 Å². The topological polar surface area (TPSA) is 94.3 Å². The summed E-state index contributed by atoms with van der Waals surface area (Å²) in [5.41, 5.74) is 7.75. The number of piperazine rings is 1. The highest BCUT2D eigenvalue weighted by Crippen LogP contribution is 2.22. The number of nitrogens with zero attached hydrogens (tertiary/aromatic N) is 4. The van der Waals surface area contributed by atoms with Crippen molar-refractivity contribution < 1.29 is 5.11 Å². The molecule has 1 saturated heterocycles. The van der Waals surface area contributed by atoms with Gasteiger partial charge < -0.3 is 15.7 Å². The molecule has 0 aliphatic carbocycles. The van der Waals surface area contributed by atoms with Crippen LogP contribution in [0.5, 0.6) is 0 Å². The first-order valence-electron chi connectivity index (χ1n) is 10.2. The molecule has 1 aliphatic heterocycles. The van der Waals surface area contributed by atoms with Crippen LogP contribution in [0.15, 0.2) is 24.3 Å². The maximum absolute atomic E-state index is 10.2. The van der Waals surface area contributed by atoms with E-state index in [9.17, 15) is 5.11 Å². The molecule has 154 valence electrons. The summed E-state index contributed by atoms with van der Waals surface area (Å²) >= 11 is 0. The van der Waals surface area contributed by atoms with Crippen LogP contribution >= 0.6 is 0 Å². The normalized spacial score (nSPS) is 18.6. The highest BCUT2D eigenvalue weighted by molar-refractivity contribution is 5.35. The van der Waals surface area contributed by atoms with Gasteiger partial charge >= 0.3 is 0 Å². The molecule has 28 heavy (non-hydrogen) atoms. The molecule has 1 fully saturated rings. The Labute approximate surface area is 167 Å². The summed E-state index contributed by atoms with van der Waals surface area (Å²) in [4.78, 5) is 9.04. The molecule has 0 bridgehead atoms. The molecule has 7 heteroatoms. The maximum atomic E-state index is 10.2. The monoisotopic (exact) mass is 386 g/mol. The Morgan fingerprint density at radius 2 is 2.00 bits per heavy atom. The first kappa shape index (κ1) is 20.6. The Kier molecular flexibility index (Phi) is 6.57. The highest BCUT2D eigenvalue weighted by atomic mass is 16.3. The number of H-pyrrole nitrogens is 1. The molecule has 7 nitrogen and oxygen atoms in total. The van der Waals surface area contributed by atoms with Crippen molar-refractivity contribution in [2.45, 2.75) is 58.1 Å². The van der Waals surface area contributed by atoms with Crippen LogP contribution in [0.1, 0.15) is 44.2 Å². The van der Waals surface area contributed by atoms with Crippen LogP contribution in [0.3, 0.4) is 0 Å². The number of nitrogen functional groups attached to an aromatic ring is 1. The van der Waals surface area contributed by atoms with E-state index in [1.54, 1.807) is 0 Å². The molecule has 1 aliphatic rings. The summed E-state index contributed by atoms with van der Waals surface area (Å²) in [6, 6.07) is 9.20. The van der Waals surface area contributed by atoms with E-state index in [0.29, 0.717) is 17.9 Å². The number of benzene rings is 1. The van der Waals surface area contributed by atoms with Crippen LogP contribution in [0, 0.1) is 6.92 Å². The molecule has 0 saturated carbocycles. The lowest BCUT2D eigenvalue weighted by molar-refractivity contribution is 0.0539. The van der Waals surface area contributed by atoms with Gasteiger partial charge in [0.1, 0.15) is 0 Å². The van der Waals surface area contributed by atoms with Crippen molar-refractivity contribution in [1.82, 2.24) is 20.1 Å². The van der Waals surface area contributed by atoms with Crippen molar-refractivity contribution in [3.05, 3.63) is 35.4 Å². The van der Waals surface area contributed by atoms with Crippen LogP contribution < -0.4 is 10.6 Å². The average molecular weight is 387 g/mol. The number of hydrogen-bond acceptors (Lipinski definition) is 6. The van der Waals surface area contributed by atoms with Gasteiger partial charge in [0.05, 0.1) is 5.60 Å². The summed E-state index contributed by atoms with van der Waals surface area (Å²) in [6.45, 7) is 9.67. The Bertz CT molecular complexity index is 736. The lowest BCUT2D eigenvalue weighted by Crippen LogP contribution is -2.54. The van der Waals surface area contributed by atoms with Gasteiger partial charge in [-0.3, -0.25) is 4.90 Å². The summed E-state index contributed by atoms with van der Waals surface area (Å²) in [5, 5.41) is 17.1. The van der Waals surface area contributed by atoms with E-state index in [1.165, 1.54) is 11.1 Å². The van der Waals surface area contributed by atoms with Crippen LogP contribution in [0.4, 0.5) is 11.9 Å². The van der Waals surface area contributed by atoms with E-state index in [2.05, 4.69) is 56.2 Å². The van der Waals surface area contributed by atoms with Gasteiger partial charge in [0.2, 0.25) is 11.9 Å². The van der Waals surface area contributed by atoms with E-state index in [4.69, 9.17) is 5.73 Å². The molecule has 2 aromatic rings. The van der Waals surface area contributed by atoms with Crippen molar-refractivity contribution in [1.29, 1.82) is 0 Å². The number of nitrogens with one attached hydrogen (secondary N) is 1. The zero-order valence-electron chi connectivity index (χ0n) is 17.4. The van der Waals surface area contributed by atoms with Crippen molar-refractivity contribution >= 4 is 11.9 Å². The number of nitrogens with two attached hydrogens (primary N) is 1. The molecule has 1 aromatic heterocycles. The minimum atomic E-state index is -0.648. The van der Waals surface area contributed by atoms with Crippen LogP contribution in [0.25, 0.3) is 0 Å². The smallest absolute Gasteiger partial charge is 0.246 e. The largest absolute Gasteiger partial charge is 0.390 e. The predicted octanol–water partition coefficient (Wildman–Crippen LogP) is 2.37. The van der Waals surface area contributed by atoms with Crippen LogP contribution in [0.2, 0.25) is 0 Å². The Hall–Kier alpha value is -2.12. The van der Waals surface area contributed by atoms with Gasteiger partial charge in [-0.15, -0.1) is 5.10 Å². The fraction of sp³-hybridized carbons (Fsp3) is 0.619. The first-order valence-corrected chi connectivity index (χ1v) is 10.2. The molecule has 2 heterocycles. The van der Waals surface area contributed by atoms with E-state index in [0.717, 1.165) is 51.9 Å². The molecule has 1 atom stereocenters. The Morgan fingerprint density at radius 3 is 2.64 bits per heavy atom. The number of aromatic nitrogens is 3. The second kappa shape index (κ2) is 8.92. The molecule has 3 rings (SSSR count). The lowest BCUT2D eigenvalue weighted by atomic mass is 9.96. The van der Waals surface area contributed by atoms with Gasteiger partial charge in [-0.2, -0.15) is 4.98 Å². The lowest BCUT2D eigenvalue weighted by Gasteiger charge is -2.42. The molecule has 0 amide bonds. The van der Waals surface area contributed by atoms with Gasteiger partial charge in [0, 0.05) is 25.7 Å². The number of anilines is 2. The minimum Gasteiger partial charge on any atom is -0.390 e. The Balaban J connectivity index is 1.58. The van der Waals surface area contributed by atoms with E-state index in [-0.39, 0.29) is 0 Å². The quantitative estimate of drug-likeness (QED) is 0.645. The summed E-state index contributed by atoms with van der Waals surface area (Å²) in [7, 11) is 0. The first-order chi connectivity index (χ1) is 13.3. The fourth-order valence-electron chi connectivity index (χ4n) is 3.81. The molecule has 1 unspecified atom stereocenters. The zero-order chi connectivity index (χ0) is 20.1. The third-order valence-electron chi connectivity index (χ3n) is 5.50. The number of aliphatic hydroxyl groups is 1. The van der Waals surface area contributed by atoms with Crippen molar-refractivity contribution in [3.8, 4) is 0 Å². The summed E-state index contributed by atoms with van der Waals surface area (Å²) < 4.78 is 0. The molecule has 0 spiro atoms. The van der Waals surface area contributed by atoms with E-state index in [1.807, 2.05) is 13.8 Å². The summed E-state index contributed by atoms with van der Waals surface area (Å²) in [6.07, 6.45) is 3.95. The third-order valence-corrected chi connectivity index (χ3v) is 5.50. The second-order valence-corrected chi connectivity index (χ2v) is 8.60. The van der Waals surface area contributed by atoms with Crippen molar-refractivity contribution in [2.24, 2.45) is 0 Å². The zero-order valence-corrected chi connectivity index (χ0v) is 17.4. The van der Waals surface area contributed by atoms with Crippen LogP contribution in [-0.2, 0) is 6.42 Å².